The van der Waals surface area contributed by atoms with E-state index in [1.165, 1.54) is 0 Å². The van der Waals surface area contributed by atoms with Gasteiger partial charge in [0, 0.05) is 6.04 Å². The van der Waals surface area contributed by atoms with E-state index in [1.807, 2.05) is 31.2 Å². The van der Waals surface area contributed by atoms with Gasteiger partial charge in [-0.3, -0.25) is 0 Å². The Hall–Kier alpha value is -0.870. The monoisotopic (exact) mass is 297 g/mol. The van der Waals surface area contributed by atoms with Crippen LogP contribution in [0.3, 0.4) is 0 Å². The van der Waals surface area contributed by atoms with E-state index in [0.29, 0.717) is 0 Å². The summed E-state index contributed by atoms with van der Waals surface area (Å²) in [5.41, 5.74) is 2.21. The van der Waals surface area contributed by atoms with E-state index in [0.717, 1.165) is 24.1 Å². The minimum absolute atomic E-state index is 0.139. The fourth-order valence-corrected chi connectivity index (χ4v) is 3.26. The second-order valence-corrected chi connectivity index (χ2v) is 9.04. The predicted octanol–water partition coefficient (Wildman–Crippen LogP) is 3.25. The quantitative estimate of drug-likeness (QED) is 0.876. The van der Waals surface area contributed by atoms with E-state index in [-0.39, 0.29) is 11.8 Å². The molecule has 0 aliphatic heterocycles. The maximum absolute atomic E-state index is 12.5. The Morgan fingerprint density at radius 2 is 1.80 bits per heavy atom. The molecule has 0 aliphatic rings. The third-order valence-corrected chi connectivity index (χ3v) is 6.16. The Labute approximate surface area is 123 Å². The molecule has 1 aromatic carbocycles. The van der Waals surface area contributed by atoms with Gasteiger partial charge in [-0.15, -0.1) is 0 Å². The van der Waals surface area contributed by atoms with Gasteiger partial charge in [0.05, 0.1) is 10.5 Å². The summed E-state index contributed by atoms with van der Waals surface area (Å²) in [5, 5.41) is 3.38. The maximum Gasteiger partial charge on any atom is 0.157 e. The van der Waals surface area contributed by atoms with Gasteiger partial charge in [0.1, 0.15) is 0 Å². The summed E-state index contributed by atoms with van der Waals surface area (Å²) in [7, 11) is -3.15. The third-order valence-electron chi connectivity index (χ3n) is 3.52. The number of sulfone groups is 1. The minimum atomic E-state index is -3.15. The van der Waals surface area contributed by atoms with E-state index >= 15 is 0 Å². The second-order valence-electron chi connectivity index (χ2n) is 6.26. The highest BCUT2D eigenvalue weighted by molar-refractivity contribution is 7.92. The molecule has 0 heterocycles. The number of benzene rings is 1. The van der Waals surface area contributed by atoms with Crippen LogP contribution in [0.5, 0.6) is 0 Å². The predicted molar refractivity (Wildman–Crippen MR) is 85.8 cm³/mol. The lowest BCUT2D eigenvalue weighted by Crippen LogP contribution is -2.37. The molecular weight excluding hydrogens is 270 g/mol. The van der Waals surface area contributed by atoms with Crippen molar-refractivity contribution in [2.45, 2.75) is 51.8 Å². The van der Waals surface area contributed by atoms with Gasteiger partial charge in [0.2, 0.25) is 0 Å². The minimum Gasteiger partial charge on any atom is -0.309 e. The fourth-order valence-electron chi connectivity index (χ4n) is 2.02. The van der Waals surface area contributed by atoms with Crippen molar-refractivity contribution in [2.75, 3.05) is 12.3 Å². The Morgan fingerprint density at radius 1 is 1.20 bits per heavy atom. The number of rotatable bonds is 6. The average Bonchev–Trinajstić information content (AvgIpc) is 2.33. The second kappa shape index (κ2) is 6.72. The summed E-state index contributed by atoms with van der Waals surface area (Å²) in [6.45, 7) is 10.2. The van der Waals surface area contributed by atoms with Crippen LogP contribution in [0.25, 0.3) is 0 Å². The highest BCUT2D eigenvalue weighted by atomic mass is 32.2. The third kappa shape index (κ3) is 4.32. The van der Waals surface area contributed by atoms with E-state index in [4.69, 9.17) is 0 Å². The molecule has 0 saturated heterocycles. The highest BCUT2D eigenvalue weighted by Crippen LogP contribution is 2.24. The van der Waals surface area contributed by atoms with Crippen molar-refractivity contribution in [3.63, 3.8) is 0 Å². The molecule has 0 amide bonds. The zero-order chi connectivity index (χ0) is 15.4. The maximum atomic E-state index is 12.5. The average molecular weight is 297 g/mol. The molecule has 1 aromatic rings. The zero-order valence-electron chi connectivity index (χ0n) is 13.2. The van der Waals surface area contributed by atoms with Gasteiger partial charge >= 0.3 is 0 Å². The standard InChI is InChI=1S/C16H27NO2S/c1-6-11-17-15(12-20(18,19)16(3,4)5)14-10-8-7-9-13(14)2/h7-10,15,17H,6,11-12H2,1-5H3. The van der Waals surface area contributed by atoms with Crippen LogP contribution in [0.4, 0.5) is 0 Å². The lowest BCUT2D eigenvalue weighted by Gasteiger charge is -2.26. The molecule has 1 unspecified atom stereocenters. The van der Waals surface area contributed by atoms with Gasteiger partial charge in [-0.1, -0.05) is 31.2 Å². The molecule has 0 aromatic heterocycles. The van der Waals surface area contributed by atoms with Crippen molar-refractivity contribution in [3.8, 4) is 0 Å². The first kappa shape index (κ1) is 17.2. The molecule has 0 aliphatic carbocycles. The van der Waals surface area contributed by atoms with Crippen molar-refractivity contribution >= 4 is 9.84 Å². The molecule has 1 rings (SSSR count). The van der Waals surface area contributed by atoms with E-state index in [2.05, 4.69) is 12.2 Å². The van der Waals surface area contributed by atoms with Crippen LogP contribution in [-0.2, 0) is 9.84 Å². The molecule has 1 atom stereocenters. The van der Waals surface area contributed by atoms with Crippen molar-refractivity contribution in [2.24, 2.45) is 0 Å². The lowest BCUT2D eigenvalue weighted by molar-refractivity contribution is 0.525. The largest absolute Gasteiger partial charge is 0.309 e. The first-order chi connectivity index (χ1) is 9.19. The van der Waals surface area contributed by atoms with Crippen molar-refractivity contribution in [1.82, 2.24) is 5.32 Å². The first-order valence-electron chi connectivity index (χ1n) is 7.20. The van der Waals surface area contributed by atoms with Crippen LogP contribution < -0.4 is 5.32 Å². The Balaban J connectivity index is 3.06. The van der Waals surface area contributed by atoms with Gasteiger partial charge in [-0.25, -0.2) is 8.42 Å². The van der Waals surface area contributed by atoms with Crippen molar-refractivity contribution in [3.05, 3.63) is 35.4 Å². The van der Waals surface area contributed by atoms with Crippen LogP contribution in [0.2, 0.25) is 0 Å². The summed E-state index contributed by atoms with van der Waals surface area (Å²) in [4.78, 5) is 0. The lowest BCUT2D eigenvalue weighted by atomic mass is 10.0. The van der Waals surface area contributed by atoms with Gasteiger partial charge in [-0.05, 0) is 51.8 Å². The summed E-state index contributed by atoms with van der Waals surface area (Å²) < 4.78 is 24.2. The van der Waals surface area contributed by atoms with Crippen LogP contribution in [-0.4, -0.2) is 25.5 Å². The fraction of sp³-hybridized carbons (Fsp3) is 0.625. The smallest absolute Gasteiger partial charge is 0.157 e. The summed E-state index contributed by atoms with van der Waals surface area (Å²) in [5.74, 6) is 0.140. The molecule has 0 saturated carbocycles. The van der Waals surface area contributed by atoms with Crippen molar-refractivity contribution in [1.29, 1.82) is 0 Å². The Kier molecular flexibility index (Phi) is 5.78. The summed E-state index contributed by atoms with van der Waals surface area (Å²) >= 11 is 0. The van der Waals surface area contributed by atoms with Crippen LogP contribution >= 0.6 is 0 Å². The summed E-state index contributed by atoms with van der Waals surface area (Å²) in [6, 6.07) is 7.85. The molecule has 114 valence electrons. The van der Waals surface area contributed by atoms with E-state index in [9.17, 15) is 8.42 Å². The molecule has 4 heteroatoms. The molecule has 1 N–H and O–H groups in total. The summed E-state index contributed by atoms with van der Waals surface area (Å²) in [6.07, 6.45) is 0.984. The van der Waals surface area contributed by atoms with E-state index in [1.54, 1.807) is 20.8 Å². The van der Waals surface area contributed by atoms with Crippen molar-refractivity contribution < 1.29 is 8.42 Å². The van der Waals surface area contributed by atoms with Gasteiger partial charge < -0.3 is 5.32 Å². The molecule has 0 spiro atoms. The number of hydrogen-bond acceptors (Lipinski definition) is 3. The SMILES string of the molecule is CCCNC(CS(=O)(=O)C(C)(C)C)c1ccccc1C. The van der Waals surface area contributed by atoms with Gasteiger partial charge in [-0.2, -0.15) is 0 Å². The molecular formula is C16H27NO2S. The first-order valence-corrected chi connectivity index (χ1v) is 8.85. The Bertz CT molecular complexity index is 530. The molecule has 3 nitrogen and oxygen atoms in total. The Morgan fingerprint density at radius 3 is 2.30 bits per heavy atom. The molecule has 20 heavy (non-hydrogen) atoms. The highest BCUT2D eigenvalue weighted by Gasteiger charge is 2.32. The molecule has 0 fully saturated rings. The van der Waals surface area contributed by atoms with Crippen LogP contribution in [0.1, 0.15) is 51.3 Å². The van der Waals surface area contributed by atoms with Crippen LogP contribution in [0.15, 0.2) is 24.3 Å². The van der Waals surface area contributed by atoms with E-state index < -0.39 is 14.6 Å². The zero-order valence-corrected chi connectivity index (χ0v) is 14.0. The number of nitrogens with one attached hydrogen (secondary N) is 1. The number of hydrogen-bond donors (Lipinski definition) is 1. The van der Waals surface area contributed by atoms with Crippen LogP contribution in [0, 0.1) is 6.92 Å². The topological polar surface area (TPSA) is 46.2 Å². The van der Waals surface area contributed by atoms with Gasteiger partial charge in [0.25, 0.3) is 0 Å². The van der Waals surface area contributed by atoms with Gasteiger partial charge in [0.15, 0.2) is 9.84 Å². The normalized spacial score (nSPS) is 14.2. The molecule has 0 radical (unpaired) electrons. The number of aryl methyl sites for hydroxylation is 1. The molecule has 0 bridgehead atoms.